The average molecular weight is 501 g/mol. The Morgan fingerprint density at radius 3 is 2.51 bits per heavy atom. The quantitative estimate of drug-likeness (QED) is 0.628. The molecule has 8 nitrogen and oxygen atoms in total. The lowest BCUT2D eigenvalue weighted by Crippen LogP contribution is -2.48. The van der Waals surface area contributed by atoms with Crippen molar-refractivity contribution in [2.24, 2.45) is 0 Å². The van der Waals surface area contributed by atoms with Gasteiger partial charge in [0.15, 0.2) is 0 Å². The van der Waals surface area contributed by atoms with Gasteiger partial charge in [-0.05, 0) is 41.0 Å². The largest absolute Gasteiger partial charge is 0.325 e. The van der Waals surface area contributed by atoms with Gasteiger partial charge in [-0.1, -0.05) is 6.07 Å². The first-order chi connectivity index (χ1) is 16.7. The van der Waals surface area contributed by atoms with Crippen molar-refractivity contribution >= 4 is 41.2 Å². The highest BCUT2D eigenvalue weighted by Gasteiger charge is 2.54. The lowest BCUT2D eigenvalue weighted by molar-refractivity contribution is -0.134. The summed E-state index contributed by atoms with van der Waals surface area (Å²) < 4.78 is 27.5. The minimum absolute atomic E-state index is 0.177. The van der Waals surface area contributed by atoms with Crippen molar-refractivity contribution in [2.45, 2.75) is 24.4 Å². The number of carbonyl (C=O) groups is 4. The van der Waals surface area contributed by atoms with E-state index >= 15 is 0 Å². The van der Waals surface area contributed by atoms with Crippen LogP contribution >= 0.6 is 11.8 Å². The van der Waals surface area contributed by atoms with Crippen LogP contribution in [0.15, 0.2) is 36.4 Å². The molecule has 2 fully saturated rings. The Labute approximate surface area is 204 Å². The summed E-state index contributed by atoms with van der Waals surface area (Å²) in [4.78, 5) is 52.6. The molecule has 2 N–H and O–H groups in total. The first-order valence-electron chi connectivity index (χ1n) is 11.0. The molecule has 0 bridgehead atoms. The number of nitrogens with zero attached hydrogens (tertiary/aromatic N) is 2. The Bertz CT molecular complexity index is 1250. The number of urea groups is 1. The second-order valence-electron chi connectivity index (χ2n) is 8.99. The van der Waals surface area contributed by atoms with E-state index in [-0.39, 0.29) is 24.1 Å². The molecule has 1 spiro atoms. The van der Waals surface area contributed by atoms with Crippen LogP contribution < -0.4 is 10.6 Å². The molecule has 2 aromatic rings. The van der Waals surface area contributed by atoms with E-state index in [4.69, 9.17) is 0 Å². The van der Waals surface area contributed by atoms with Gasteiger partial charge in [-0.3, -0.25) is 19.7 Å². The van der Waals surface area contributed by atoms with Crippen LogP contribution in [0.4, 0.5) is 19.3 Å². The number of likely N-dealkylation sites (N-methyl/N-ethyl adjacent to an activating group) is 1. The van der Waals surface area contributed by atoms with Gasteiger partial charge in [0.1, 0.15) is 23.7 Å². The number of nitrogens with one attached hydrogen (secondary N) is 2. The third-order valence-corrected chi connectivity index (χ3v) is 7.83. The predicted molar refractivity (Wildman–Crippen MR) is 125 cm³/mol. The summed E-state index contributed by atoms with van der Waals surface area (Å²) in [6.07, 6.45) is 0.714. The van der Waals surface area contributed by atoms with Gasteiger partial charge in [0.25, 0.3) is 5.91 Å². The lowest BCUT2D eigenvalue weighted by Gasteiger charge is -2.35. The van der Waals surface area contributed by atoms with E-state index in [0.29, 0.717) is 29.8 Å². The lowest BCUT2D eigenvalue weighted by atomic mass is 9.95. The monoisotopic (exact) mass is 500 g/mol. The van der Waals surface area contributed by atoms with Gasteiger partial charge in [0, 0.05) is 37.4 Å². The Morgan fingerprint density at radius 2 is 1.83 bits per heavy atom. The van der Waals surface area contributed by atoms with Gasteiger partial charge in [0.2, 0.25) is 11.8 Å². The van der Waals surface area contributed by atoms with Crippen LogP contribution in [0, 0.1) is 11.6 Å². The molecule has 0 saturated carbocycles. The van der Waals surface area contributed by atoms with Crippen LogP contribution in [0.3, 0.4) is 0 Å². The fourth-order valence-electron chi connectivity index (χ4n) is 4.98. The number of imide groups is 1. The van der Waals surface area contributed by atoms with Crippen molar-refractivity contribution in [3.05, 3.63) is 64.7 Å². The Kier molecular flexibility index (Phi) is 5.74. The summed E-state index contributed by atoms with van der Waals surface area (Å²) >= 11 is 1.35. The summed E-state index contributed by atoms with van der Waals surface area (Å²) in [6.45, 7) is -0.275. The number of fused-ring (bicyclic) bond motifs is 1. The van der Waals surface area contributed by atoms with Gasteiger partial charge in [-0.15, -0.1) is 11.8 Å². The van der Waals surface area contributed by atoms with Gasteiger partial charge < -0.3 is 15.1 Å². The van der Waals surface area contributed by atoms with Crippen LogP contribution in [-0.4, -0.2) is 64.2 Å². The maximum atomic E-state index is 13.8. The molecule has 3 aliphatic rings. The van der Waals surface area contributed by atoms with Crippen molar-refractivity contribution in [2.75, 3.05) is 30.4 Å². The van der Waals surface area contributed by atoms with E-state index in [1.165, 1.54) is 33.7 Å². The zero-order valence-electron chi connectivity index (χ0n) is 18.8. The van der Waals surface area contributed by atoms with Crippen LogP contribution in [0.25, 0.3) is 0 Å². The number of amides is 5. The van der Waals surface area contributed by atoms with Gasteiger partial charge >= 0.3 is 6.03 Å². The minimum Gasteiger partial charge on any atom is -0.325 e. The van der Waals surface area contributed by atoms with Crippen LogP contribution in [0.2, 0.25) is 0 Å². The summed E-state index contributed by atoms with van der Waals surface area (Å²) in [5.41, 5.74) is 1.58. The Morgan fingerprint density at radius 1 is 1.11 bits per heavy atom. The van der Waals surface area contributed by atoms with Crippen molar-refractivity contribution in [3.8, 4) is 0 Å². The van der Waals surface area contributed by atoms with Crippen LogP contribution in [0.5, 0.6) is 0 Å². The average Bonchev–Trinajstić information content (AvgIpc) is 3.27. The third kappa shape index (κ3) is 4.13. The van der Waals surface area contributed by atoms with Crippen LogP contribution in [0.1, 0.15) is 22.7 Å². The maximum absolute atomic E-state index is 13.8. The number of anilines is 1. The summed E-state index contributed by atoms with van der Waals surface area (Å²) in [6, 6.07) is 7.32. The number of hydrogen-bond acceptors (Lipinski definition) is 5. The molecule has 35 heavy (non-hydrogen) atoms. The smallest absolute Gasteiger partial charge is 0.324 e. The molecular weight excluding hydrogens is 478 g/mol. The van der Waals surface area contributed by atoms with E-state index in [9.17, 15) is 28.0 Å². The molecule has 2 heterocycles. The Hall–Kier alpha value is -3.47. The summed E-state index contributed by atoms with van der Waals surface area (Å²) in [5.74, 6) is -1.98. The summed E-state index contributed by atoms with van der Waals surface area (Å²) in [5, 5.41) is 5.12. The number of hydrogen-bond donors (Lipinski definition) is 2. The number of halogens is 2. The fraction of sp³-hybridized carbons (Fsp3) is 0.333. The van der Waals surface area contributed by atoms with Gasteiger partial charge in [0.05, 0.1) is 11.8 Å². The van der Waals surface area contributed by atoms with E-state index in [2.05, 4.69) is 10.6 Å². The molecule has 2 unspecified atom stereocenters. The molecule has 11 heteroatoms. The second kappa shape index (κ2) is 8.63. The molecule has 2 aromatic carbocycles. The summed E-state index contributed by atoms with van der Waals surface area (Å²) in [7, 11) is 1.59. The molecule has 182 valence electrons. The molecule has 2 atom stereocenters. The first-order valence-corrected chi connectivity index (χ1v) is 12.2. The van der Waals surface area contributed by atoms with E-state index < -0.39 is 35.2 Å². The van der Waals surface area contributed by atoms with E-state index in [1.54, 1.807) is 19.2 Å². The number of thioether (sulfide) groups is 1. The predicted octanol–water partition coefficient (Wildman–Crippen LogP) is 2.24. The molecule has 2 saturated heterocycles. The zero-order valence-corrected chi connectivity index (χ0v) is 19.6. The number of rotatable bonds is 4. The standard InChI is InChI=1S/C24H22F2N4O4S/c1-29-23(34)28-22(33)24(29)8-13-2-3-18(6-15(13)9-24)27-20(31)10-30-19(11-35-12-21(30)32)14-4-16(25)7-17(26)5-14/h2-7,19H,8-12H2,1H3,(H,27,31)(H,28,33,34). The number of benzene rings is 2. The van der Waals surface area contributed by atoms with E-state index in [0.717, 1.165) is 17.2 Å². The number of carbonyl (C=O) groups excluding carboxylic acids is 4. The third-order valence-electron chi connectivity index (χ3n) is 6.83. The second-order valence-corrected chi connectivity index (χ2v) is 10.0. The first kappa shape index (κ1) is 23.3. The molecule has 1 aliphatic carbocycles. The van der Waals surface area contributed by atoms with Gasteiger partial charge in [-0.25, -0.2) is 13.6 Å². The molecular formula is C24H22F2N4O4S. The SMILES string of the molecule is CN1C(=O)NC(=O)C12Cc1ccc(NC(=O)CN3C(=O)CSCC3c3cc(F)cc(F)c3)cc1C2. The molecule has 0 aromatic heterocycles. The highest BCUT2D eigenvalue weighted by Crippen LogP contribution is 2.38. The molecule has 2 aliphatic heterocycles. The van der Waals surface area contributed by atoms with Crippen LogP contribution in [-0.2, 0) is 27.2 Å². The molecule has 0 radical (unpaired) electrons. The topological polar surface area (TPSA) is 98.8 Å². The normalized spacial score (nSPS) is 23.6. The zero-order chi connectivity index (χ0) is 24.9. The van der Waals surface area contributed by atoms with Gasteiger partial charge in [-0.2, -0.15) is 0 Å². The maximum Gasteiger partial charge on any atom is 0.324 e. The molecule has 5 amide bonds. The van der Waals surface area contributed by atoms with Crippen molar-refractivity contribution in [3.63, 3.8) is 0 Å². The van der Waals surface area contributed by atoms with Crippen molar-refractivity contribution < 1.29 is 28.0 Å². The minimum atomic E-state index is -0.965. The van der Waals surface area contributed by atoms with Crippen molar-refractivity contribution in [1.29, 1.82) is 0 Å². The highest BCUT2D eigenvalue weighted by molar-refractivity contribution is 8.00. The van der Waals surface area contributed by atoms with Crippen molar-refractivity contribution in [1.82, 2.24) is 15.1 Å². The molecule has 5 rings (SSSR count). The highest BCUT2D eigenvalue weighted by atomic mass is 32.2. The fourth-order valence-corrected chi connectivity index (χ4v) is 6.03. The van der Waals surface area contributed by atoms with E-state index in [1.807, 2.05) is 6.07 Å². The Balaban J connectivity index is 1.31.